The molecule has 0 saturated heterocycles. The summed E-state index contributed by atoms with van der Waals surface area (Å²) in [5.41, 5.74) is 0.211. The van der Waals surface area contributed by atoms with E-state index in [0.717, 1.165) is 43.2 Å². The Balaban J connectivity index is 1.49. The Morgan fingerprint density at radius 3 is 2.07 bits per heavy atom. The molecule has 0 amide bonds. The molecule has 2 aromatic carbocycles. The molecule has 0 nitrogen and oxygen atoms in total. The van der Waals surface area contributed by atoms with Crippen molar-refractivity contribution in [2.75, 3.05) is 0 Å². The minimum absolute atomic E-state index is 0.108. The van der Waals surface area contributed by atoms with Gasteiger partial charge in [0.25, 0.3) is 0 Å². The lowest BCUT2D eigenvalue weighted by Gasteiger charge is -2.42. The molecular formula is C26H30F4. The maximum Gasteiger partial charge on any atom is 0.134 e. The van der Waals surface area contributed by atoms with Crippen molar-refractivity contribution in [3.63, 3.8) is 0 Å². The van der Waals surface area contributed by atoms with Crippen molar-refractivity contribution in [1.29, 1.82) is 0 Å². The number of hydrogen-bond donors (Lipinski definition) is 0. The third kappa shape index (κ3) is 4.58. The number of unbranched alkanes of at least 4 members (excludes halogenated alkanes) is 1. The average Bonchev–Trinajstić information content (AvgIpc) is 2.70. The van der Waals surface area contributed by atoms with Crippen LogP contribution < -0.4 is 0 Å². The zero-order chi connectivity index (χ0) is 21.3. The molecule has 0 bridgehead atoms. The van der Waals surface area contributed by atoms with Gasteiger partial charge in [0.2, 0.25) is 0 Å². The summed E-state index contributed by atoms with van der Waals surface area (Å²) < 4.78 is 56.7. The molecule has 0 aliphatic heterocycles. The second-order valence-electron chi connectivity index (χ2n) is 9.37. The van der Waals surface area contributed by atoms with Crippen LogP contribution in [0.2, 0.25) is 0 Å². The first-order valence-corrected chi connectivity index (χ1v) is 11.4. The first kappa shape index (κ1) is 21.4. The van der Waals surface area contributed by atoms with Gasteiger partial charge in [-0.2, -0.15) is 0 Å². The van der Waals surface area contributed by atoms with Crippen LogP contribution in [-0.2, 0) is 0 Å². The predicted molar refractivity (Wildman–Crippen MR) is 112 cm³/mol. The second kappa shape index (κ2) is 9.11. The molecule has 162 valence electrons. The molecule has 0 aromatic heterocycles. The van der Waals surface area contributed by atoms with Gasteiger partial charge in [0.05, 0.1) is 5.56 Å². The minimum atomic E-state index is -0.847. The van der Waals surface area contributed by atoms with Crippen molar-refractivity contribution >= 4 is 0 Å². The first-order valence-electron chi connectivity index (χ1n) is 11.4. The molecule has 0 radical (unpaired) electrons. The molecule has 2 fully saturated rings. The Hall–Kier alpha value is -1.84. The summed E-state index contributed by atoms with van der Waals surface area (Å²) in [7, 11) is 0. The fourth-order valence-electron chi connectivity index (χ4n) is 5.85. The van der Waals surface area contributed by atoms with E-state index in [4.69, 9.17) is 0 Å². The molecule has 4 rings (SSSR count). The lowest BCUT2D eigenvalue weighted by atomic mass is 9.63. The molecule has 0 spiro atoms. The van der Waals surface area contributed by atoms with Crippen molar-refractivity contribution in [1.82, 2.24) is 0 Å². The molecule has 30 heavy (non-hydrogen) atoms. The van der Waals surface area contributed by atoms with E-state index < -0.39 is 23.3 Å². The van der Waals surface area contributed by atoms with E-state index >= 15 is 0 Å². The van der Waals surface area contributed by atoms with Gasteiger partial charge < -0.3 is 0 Å². The summed E-state index contributed by atoms with van der Waals surface area (Å²) in [6.45, 7) is 2.24. The van der Waals surface area contributed by atoms with Crippen molar-refractivity contribution in [2.24, 2.45) is 17.8 Å². The highest BCUT2D eigenvalue weighted by Crippen LogP contribution is 2.48. The van der Waals surface area contributed by atoms with E-state index in [-0.39, 0.29) is 17.0 Å². The van der Waals surface area contributed by atoms with Crippen LogP contribution in [0.25, 0.3) is 11.1 Å². The van der Waals surface area contributed by atoms with Crippen LogP contribution >= 0.6 is 0 Å². The van der Waals surface area contributed by atoms with Crippen LogP contribution in [0, 0.1) is 41.0 Å². The number of rotatable bonds is 5. The van der Waals surface area contributed by atoms with E-state index in [1.165, 1.54) is 50.7 Å². The van der Waals surface area contributed by atoms with Gasteiger partial charge in [0.15, 0.2) is 0 Å². The van der Waals surface area contributed by atoms with Gasteiger partial charge in [-0.15, -0.1) is 0 Å². The minimum Gasteiger partial charge on any atom is -0.207 e. The van der Waals surface area contributed by atoms with Gasteiger partial charge in [0, 0.05) is 6.07 Å². The lowest BCUT2D eigenvalue weighted by molar-refractivity contribution is 0.113. The Labute approximate surface area is 176 Å². The van der Waals surface area contributed by atoms with Crippen LogP contribution in [0.3, 0.4) is 0 Å². The summed E-state index contributed by atoms with van der Waals surface area (Å²) in [4.78, 5) is 0. The maximum atomic E-state index is 14.8. The Kier molecular flexibility index (Phi) is 6.50. The number of fused-ring (bicyclic) bond motifs is 1. The molecule has 4 unspecified atom stereocenters. The zero-order valence-corrected chi connectivity index (χ0v) is 17.6. The Morgan fingerprint density at radius 2 is 1.40 bits per heavy atom. The monoisotopic (exact) mass is 418 g/mol. The molecule has 4 heteroatoms. The summed E-state index contributed by atoms with van der Waals surface area (Å²) in [5.74, 6) is -0.794. The molecule has 0 N–H and O–H groups in total. The summed E-state index contributed by atoms with van der Waals surface area (Å²) in [5, 5.41) is 0. The number of halogens is 4. The van der Waals surface area contributed by atoms with Gasteiger partial charge in [-0.1, -0.05) is 32.6 Å². The number of benzene rings is 2. The zero-order valence-electron chi connectivity index (χ0n) is 17.6. The van der Waals surface area contributed by atoms with Gasteiger partial charge in [-0.05, 0) is 91.2 Å². The van der Waals surface area contributed by atoms with Gasteiger partial charge >= 0.3 is 0 Å². The van der Waals surface area contributed by atoms with E-state index in [1.54, 1.807) is 0 Å². The van der Waals surface area contributed by atoms with Crippen LogP contribution in [0.4, 0.5) is 17.6 Å². The molecule has 2 aromatic rings. The highest BCUT2D eigenvalue weighted by atomic mass is 19.1. The van der Waals surface area contributed by atoms with Gasteiger partial charge in [-0.3, -0.25) is 0 Å². The van der Waals surface area contributed by atoms with Gasteiger partial charge in [0.1, 0.15) is 23.3 Å². The highest BCUT2D eigenvalue weighted by molar-refractivity contribution is 5.65. The predicted octanol–water partition coefficient (Wildman–Crippen LogP) is 8.40. The maximum absolute atomic E-state index is 14.8. The van der Waals surface area contributed by atoms with E-state index in [9.17, 15) is 17.6 Å². The molecule has 2 saturated carbocycles. The van der Waals surface area contributed by atoms with E-state index in [2.05, 4.69) is 6.92 Å². The molecular weight excluding hydrogens is 388 g/mol. The topological polar surface area (TPSA) is 0 Å². The summed E-state index contributed by atoms with van der Waals surface area (Å²) in [6, 6.07) is 5.38. The smallest absolute Gasteiger partial charge is 0.134 e. The van der Waals surface area contributed by atoms with E-state index in [1.807, 2.05) is 0 Å². The Bertz CT molecular complexity index is 847. The second-order valence-corrected chi connectivity index (χ2v) is 9.37. The fourth-order valence-corrected chi connectivity index (χ4v) is 5.85. The SMILES string of the molecule is CCCCC1CCC2CC(c3cc(F)c(-c4cc(F)cc(F)c4)c(F)c3)CCC2C1. The summed E-state index contributed by atoms with van der Waals surface area (Å²) >= 11 is 0. The van der Waals surface area contributed by atoms with Crippen LogP contribution in [-0.4, -0.2) is 0 Å². The third-order valence-electron chi connectivity index (χ3n) is 7.37. The molecule has 2 aliphatic rings. The molecule has 4 atom stereocenters. The average molecular weight is 419 g/mol. The molecule has 0 heterocycles. The van der Waals surface area contributed by atoms with Crippen LogP contribution in [0.5, 0.6) is 0 Å². The van der Waals surface area contributed by atoms with Crippen LogP contribution in [0.1, 0.15) is 76.2 Å². The van der Waals surface area contributed by atoms with Gasteiger partial charge in [-0.25, -0.2) is 17.6 Å². The number of hydrogen-bond acceptors (Lipinski definition) is 0. The lowest BCUT2D eigenvalue weighted by Crippen LogP contribution is -2.30. The van der Waals surface area contributed by atoms with Crippen molar-refractivity contribution < 1.29 is 17.6 Å². The quantitative estimate of drug-likeness (QED) is 0.428. The molecule has 2 aliphatic carbocycles. The first-order chi connectivity index (χ1) is 14.4. The summed E-state index contributed by atoms with van der Waals surface area (Å²) in [6.07, 6.45) is 10.8. The van der Waals surface area contributed by atoms with Crippen molar-refractivity contribution in [3.8, 4) is 11.1 Å². The Morgan fingerprint density at radius 1 is 0.767 bits per heavy atom. The normalized spacial score (nSPS) is 26.4. The van der Waals surface area contributed by atoms with Crippen molar-refractivity contribution in [3.05, 3.63) is 59.2 Å². The van der Waals surface area contributed by atoms with E-state index in [0.29, 0.717) is 17.5 Å². The highest BCUT2D eigenvalue weighted by Gasteiger charge is 2.36. The van der Waals surface area contributed by atoms with Crippen LogP contribution in [0.15, 0.2) is 30.3 Å². The third-order valence-corrected chi connectivity index (χ3v) is 7.37. The van der Waals surface area contributed by atoms with Crippen molar-refractivity contribution in [2.45, 2.75) is 70.6 Å². The standard InChI is InChI=1S/C26H30F4/c1-2-3-4-16-5-6-18-10-19(8-7-17(18)9-16)20-13-24(29)26(25(30)14-20)21-11-22(27)15-23(28)12-21/h11-19H,2-10H2,1H3. The fraction of sp³-hybridized carbons (Fsp3) is 0.538. The largest absolute Gasteiger partial charge is 0.207 e.